The lowest BCUT2D eigenvalue weighted by Crippen LogP contribution is -2.10. The van der Waals surface area contributed by atoms with E-state index in [4.69, 9.17) is 0 Å². The predicted molar refractivity (Wildman–Crippen MR) is 77.3 cm³/mol. The number of aromatic carboxylic acids is 1. The molecule has 2 aromatic heterocycles. The van der Waals surface area contributed by atoms with E-state index in [1.807, 2.05) is 10.5 Å². The van der Waals surface area contributed by atoms with Crippen molar-refractivity contribution in [3.8, 4) is 0 Å². The summed E-state index contributed by atoms with van der Waals surface area (Å²) >= 11 is 0. The lowest BCUT2D eigenvalue weighted by atomic mass is 9.87. The van der Waals surface area contributed by atoms with Crippen molar-refractivity contribution in [2.75, 3.05) is 0 Å². The van der Waals surface area contributed by atoms with Crippen LogP contribution in [0.5, 0.6) is 0 Å². The van der Waals surface area contributed by atoms with Crippen molar-refractivity contribution in [1.29, 1.82) is 0 Å². The largest absolute Gasteiger partial charge is 0.477 e. The summed E-state index contributed by atoms with van der Waals surface area (Å²) in [5.41, 5.74) is 3.29. The second kappa shape index (κ2) is 3.85. The van der Waals surface area contributed by atoms with Gasteiger partial charge in [-0.3, -0.25) is 4.40 Å². The fraction of sp³-hybridized carbons (Fsp3) is 0.333. The number of benzene rings is 1. The summed E-state index contributed by atoms with van der Waals surface area (Å²) in [5, 5.41) is 9.18. The van der Waals surface area contributed by atoms with E-state index in [0.717, 1.165) is 11.0 Å². The summed E-state index contributed by atoms with van der Waals surface area (Å²) in [6, 6.07) is 6.15. The van der Waals surface area contributed by atoms with Gasteiger partial charge in [0.25, 0.3) is 0 Å². The first-order valence-corrected chi connectivity index (χ1v) is 6.50. The monoisotopic (exact) mass is 271 g/mol. The Hall–Kier alpha value is -2.30. The smallest absolute Gasteiger partial charge is 0.354 e. The normalized spacial score (nSPS) is 12.4. The molecular formula is C15H17N3O2. The number of nitrogens with zero attached hydrogens (tertiary/aromatic N) is 3. The molecule has 1 N–H and O–H groups in total. The molecule has 0 bridgehead atoms. The van der Waals surface area contributed by atoms with E-state index in [0.29, 0.717) is 5.78 Å². The van der Waals surface area contributed by atoms with Gasteiger partial charge in [0.05, 0.1) is 11.0 Å². The summed E-state index contributed by atoms with van der Waals surface area (Å²) in [6.45, 7) is 6.46. The van der Waals surface area contributed by atoms with Crippen LogP contribution in [-0.4, -0.2) is 25.0 Å². The van der Waals surface area contributed by atoms with Gasteiger partial charge in [0.1, 0.15) is 5.69 Å². The van der Waals surface area contributed by atoms with Crippen LogP contribution in [0.2, 0.25) is 0 Å². The summed E-state index contributed by atoms with van der Waals surface area (Å²) in [5.74, 6) is -0.304. The molecule has 20 heavy (non-hydrogen) atoms. The Labute approximate surface area is 116 Å². The summed E-state index contributed by atoms with van der Waals surface area (Å²) < 4.78 is 3.44. The number of carbonyl (C=O) groups is 1. The number of carboxylic acids is 1. The number of fused-ring (bicyclic) bond motifs is 3. The van der Waals surface area contributed by atoms with Gasteiger partial charge in [-0.1, -0.05) is 26.8 Å². The van der Waals surface area contributed by atoms with Crippen molar-refractivity contribution in [2.45, 2.75) is 26.2 Å². The van der Waals surface area contributed by atoms with E-state index in [1.165, 1.54) is 5.56 Å². The molecule has 3 rings (SSSR count). The van der Waals surface area contributed by atoms with Gasteiger partial charge in [0, 0.05) is 13.2 Å². The molecule has 3 aromatic rings. The molecule has 1 aromatic carbocycles. The Morgan fingerprint density at radius 2 is 2.00 bits per heavy atom. The fourth-order valence-corrected chi connectivity index (χ4v) is 2.43. The van der Waals surface area contributed by atoms with Crippen LogP contribution in [0.15, 0.2) is 24.4 Å². The molecule has 0 aliphatic carbocycles. The van der Waals surface area contributed by atoms with Crippen LogP contribution in [0.25, 0.3) is 16.8 Å². The topological polar surface area (TPSA) is 59.5 Å². The molecule has 0 radical (unpaired) electrons. The molecule has 5 heteroatoms. The molecular weight excluding hydrogens is 254 g/mol. The van der Waals surface area contributed by atoms with Gasteiger partial charge in [0.15, 0.2) is 0 Å². The zero-order valence-electron chi connectivity index (χ0n) is 12.0. The molecule has 5 nitrogen and oxygen atoms in total. The highest BCUT2D eigenvalue weighted by Gasteiger charge is 2.19. The SMILES string of the molecule is Cn1c(C(=O)O)cn2c3cc(C(C)(C)C)ccc3nc12. The Balaban J connectivity index is 2.35. The van der Waals surface area contributed by atoms with Crippen LogP contribution in [0.1, 0.15) is 36.8 Å². The average molecular weight is 271 g/mol. The molecule has 0 fully saturated rings. The molecule has 0 saturated carbocycles. The third kappa shape index (κ3) is 1.70. The van der Waals surface area contributed by atoms with Crippen molar-refractivity contribution in [2.24, 2.45) is 7.05 Å². The van der Waals surface area contributed by atoms with Crippen molar-refractivity contribution in [3.05, 3.63) is 35.7 Å². The van der Waals surface area contributed by atoms with Gasteiger partial charge < -0.3 is 9.67 Å². The predicted octanol–water partition coefficient (Wildman–Crippen LogP) is 2.82. The van der Waals surface area contributed by atoms with Gasteiger partial charge in [-0.15, -0.1) is 0 Å². The molecule has 0 aliphatic rings. The number of hydrogen-bond donors (Lipinski definition) is 1. The summed E-state index contributed by atoms with van der Waals surface area (Å²) in [6.07, 6.45) is 1.62. The summed E-state index contributed by atoms with van der Waals surface area (Å²) in [7, 11) is 1.72. The maximum atomic E-state index is 11.2. The van der Waals surface area contributed by atoms with E-state index >= 15 is 0 Å². The van der Waals surface area contributed by atoms with Crippen LogP contribution in [0, 0.1) is 0 Å². The van der Waals surface area contributed by atoms with Gasteiger partial charge in [-0.2, -0.15) is 0 Å². The average Bonchev–Trinajstić information content (AvgIpc) is 2.85. The van der Waals surface area contributed by atoms with Gasteiger partial charge in [0.2, 0.25) is 5.78 Å². The maximum Gasteiger partial charge on any atom is 0.354 e. The van der Waals surface area contributed by atoms with Crippen LogP contribution in [-0.2, 0) is 12.5 Å². The molecule has 104 valence electrons. The van der Waals surface area contributed by atoms with Crippen LogP contribution in [0.3, 0.4) is 0 Å². The second-order valence-electron chi connectivity index (χ2n) is 6.11. The molecule has 0 saturated heterocycles. The number of imidazole rings is 2. The van der Waals surface area contributed by atoms with Crippen LogP contribution in [0.4, 0.5) is 0 Å². The molecule has 0 unspecified atom stereocenters. The second-order valence-corrected chi connectivity index (χ2v) is 6.11. The van der Waals surface area contributed by atoms with E-state index in [9.17, 15) is 9.90 Å². The van der Waals surface area contributed by atoms with Crippen LogP contribution < -0.4 is 0 Å². The fourth-order valence-electron chi connectivity index (χ4n) is 2.43. The zero-order chi connectivity index (χ0) is 14.7. The Kier molecular flexibility index (Phi) is 2.45. The number of rotatable bonds is 1. The first-order chi connectivity index (χ1) is 9.29. The van der Waals surface area contributed by atoms with Crippen molar-refractivity contribution in [1.82, 2.24) is 14.0 Å². The number of aryl methyl sites for hydroxylation is 1. The minimum absolute atomic E-state index is 0.0444. The zero-order valence-corrected chi connectivity index (χ0v) is 12.0. The summed E-state index contributed by atoms with van der Waals surface area (Å²) in [4.78, 5) is 15.7. The minimum Gasteiger partial charge on any atom is -0.477 e. The Bertz CT molecular complexity index is 834. The quantitative estimate of drug-likeness (QED) is 0.740. The van der Waals surface area contributed by atoms with E-state index < -0.39 is 5.97 Å². The number of aromatic nitrogens is 3. The third-order valence-electron chi connectivity index (χ3n) is 3.67. The molecule has 0 aliphatic heterocycles. The number of hydrogen-bond acceptors (Lipinski definition) is 2. The van der Waals surface area contributed by atoms with Crippen molar-refractivity contribution < 1.29 is 9.90 Å². The Morgan fingerprint density at radius 1 is 1.30 bits per heavy atom. The maximum absolute atomic E-state index is 11.2. The first-order valence-electron chi connectivity index (χ1n) is 6.50. The van der Waals surface area contributed by atoms with E-state index in [-0.39, 0.29) is 11.1 Å². The van der Waals surface area contributed by atoms with E-state index in [2.05, 4.69) is 37.9 Å². The lowest BCUT2D eigenvalue weighted by molar-refractivity contribution is 0.0687. The van der Waals surface area contributed by atoms with Gasteiger partial charge in [-0.05, 0) is 23.1 Å². The van der Waals surface area contributed by atoms with E-state index in [1.54, 1.807) is 17.8 Å². The highest BCUT2D eigenvalue weighted by molar-refractivity contribution is 5.89. The molecule has 0 atom stereocenters. The Morgan fingerprint density at radius 3 is 2.60 bits per heavy atom. The highest BCUT2D eigenvalue weighted by atomic mass is 16.4. The van der Waals surface area contributed by atoms with Crippen molar-refractivity contribution >= 4 is 22.8 Å². The van der Waals surface area contributed by atoms with Gasteiger partial charge in [-0.25, -0.2) is 9.78 Å². The lowest BCUT2D eigenvalue weighted by Gasteiger charge is -2.18. The van der Waals surface area contributed by atoms with Gasteiger partial charge >= 0.3 is 5.97 Å². The van der Waals surface area contributed by atoms with Crippen molar-refractivity contribution in [3.63, 3.8) is 0 Å². The molecule has 0 spiro atoms. The molecule has 2 heterocycles. The minimum atomic E-state index is -0.946. The molecule has 0 amide bonds. The first kappa shape index (κ1) is 12.7. The standard InChI is InChI=1S/C15H17N3O2/c1-15(2,3)9-5-6-10-11(7-9)18-8-12(13(19)20)17(4)14(18)16-10/h5-8H,1-4H3,(H,19,20). The highest BCUT2D eigenvalue weighted by Crippen LogP contribution is 2.27. The third-order valence-corrected chi connectivity index (χ3v) is 3.67. The number of carboxylic acid groups (broad SMARTS) is 1. The van der Waals surface area contributed by atoms with Crippen LogP contribution >= 0.6 is 0 Å².